The molecule has 1 aromatic carbocycles. The summed E-state index contributed by atoms with van der Waals surface area (Å²) in [6, 6.07) is 10.8. The predicted octanol–water partition coefficient (Wildman–Crippen LogP) is 2.45. The minimum atomic E-state index is -0.339. The number of anilines is 2. The molecule has 0 spiro atoms. The van der Waals surface area contributed by atoms with Crippen molar-refractivity contribution in [2.45, 2.75) is 6.54 Å². The van der Waals surface area contributed by atoms with Gasteiger partial charge in [0.25, 0.3) is 0 Å². The number of para-hydroxylation sites is 1. The van der Waals surface area contributed by atoms with Gasteiger partial charge in [-0.25, -0.2) is 9.37 Å². The van der Waals surface area contributed by atoms with Crippen LogP contribution in [0.1, 0.15) is 5.56 Å². The molecule has 0 bridgehead atoms. The van der Waals surface area contributed by atoms with Crippen LogP contribution in [0.2, 0.25) is 0 Å². The van der Waals surface area contributed by atoms with Crippen molar-refractivity contribution in [2.24, 2.45) is 5.73 Å². The van der Waals surface area contributed by atoms with E-state index in [1.807, 2.05) is 36.2 Å². The van der Waals surface area contributed by atoms with Crippen molar-refractivity contribution < 1.29 is 4.39 Å². The molecule has 3 nitrogen and oxygen atoms in total. The summed E-state index contributed by atoms with van der Waals surface area (Å²) in [5.74, 6) is 0.349. The molecule has 4 heteroatoms. The molecule has 88 valence electrons. The van der Waals surface area contributed by atoms with Crippen LogP contribution in [0, 0.1) is 5.82 Å². The van der Waals surface area contributed by atoms with E-state index in [4.69, 9.17) is 5.73 Å². The molecule has 1 heterocycles. The van der Waals surface area contributed by atoms with Gasteiger partial charge in [-0.3, -0.25) is 0 Å². The van der Waals surface area contributed by atoms with E-state index < -0.39 is 0 Å². The van der Waals surface area contributed by atoms with E-state index in [-0.39, 0.29) is 5.82 Å². The maximum Gasteiger partial charge on any atom is 0.141 e. The van der Waals surface area contributed by atoms with Crippen LogP contribution in [-0.4, -0.2) is 12.0 Å². The predicted molar refractivity (Wildman–Crippen MR) is 66.6 cm³/mol. The van der Waals surface area contributed by atoms with Gasteiger partial charge in [-0.1, -0.05) is 18.2 Å². The third-order valence-corrected chi connectivity index (χ3v) is 2.63. The zero-order valence-electron chi connectivity index (χ0n) is 9.60. The Morgan fingerprint density at radius 2 is 2.00 bits per heavy atom. The Labute approximate surface area is 99.7 Å². The molecule has 0 aliphatic carbocycles. The molecule has 0 aliphatic heterocycles. The normalized spacial score (nSPS) is 10.3. The maximum absolute atomic E-state index is 12.8. The summed E-state index contributed by atoms with van der Waals surface area (Å²) in [6.45, 7) is 0.460. The number of aromatic nitrogens is 1. The lowest BCUT2D eigenvalue weighted by atomic mass is 10.1. The molecule has 17 heavy (non-hydrogen) atoms. The Morgan fingerprint density at radius 1 is 1.24 bits per heavy atom. The molecule has 0 amide bonds. The van der Waals surface area contributed by atoms with E-state index in [0.29, 0.717) is 12.4 Å². The standard InChI is InChI=1S/C13H14FN3/c1-17(13-7-6-11(14)9-16-13)12-5-3-2-4-10(12)8-15/h2-7,9H,8,15H2,1H3. The van der Waals surface area contributed by atoms with Gasteiger partial charge in [0.15, 0.2) is 0 Å². The molecule has 0 unspecified atom stereocenters. The molecule has 0 fully saturated rings. The molecule has 0 radical (unpaired) electrons. The molecular formula is C13H14FN3. The van der Waals surface area contributed by atoms with Crippen molar-refractivity contribution in [3.05, 3.63) is 54.0 Å². The quantitative estimate of drug-likeness (QED) is 0.882. The lowest BCUT2D eigenvalue weighted by Gasteiger charge is -2.20. The Hall–Kier alpha value is -1.94. The average molecular weight is 231 g/mol. The molecule has 2 N–H and O–H groups in total. The van der Waals surface area contributed by atoms with Gasteiger partial charge < -0.3 is 10.6 Å². The fourth-order valence-corrected chi connectivity index (χ4v) is 1.70. The van der Waals surface area contributed by atoms with Gasteiger partial charge in [0.2, 0.25) is 0 Å². The second-order valence-corrected chi connectivity index (χ2v) is 3.73. The summed E-state index contributed by atoms with van der Waals surface area (Å²) < 4.78 is 12.8. The number of rotatable bonds is 3. The summed E-state index contributed by atoms with van der Waals surface area (Å²) in [5.41, 5.74) is 7.69. The van der Waals surface area contributed by atoms with Crippen LogP contribution in [0.3, 0.4) is 0 Å². The lowest BCUT2D eigenvalue weighted by molar-refractivity contribution is 0.621. The first-order valence-corrected chi connectivity index (χ1v) is 5.35. The summed E-state index contributed by atoms with van der Waals surface area (Å²) in [4.78, 5) is 5.93. The van der Waals surface area contributed by atoms with Crippen LogP contribution in [0.25, 0.3) is 0 Å². The monoisotopic (exact) mass is 231 g/mol. The zero-order chi connectivity index (χ0) is 12.3. The number of hydrogen-bond acceptors (Lipinski definition) is 3. The zero-order valence-corrected chi connectivity index (χ0v) is 9.60. The Bertz CT molecular complexity index is 496. The highest BCUT2D eigenvalue weighted by Crippen LogP contribution is 2.24. The van der Waals surface area contributed by atoms with Crippen LogP contribution >= 0.6 is 0 Å². The smallest absolute Gasteiger partial charge is 0.141 e. The minimum Gasteiger partial charge on any atom is -0.329 e. The van der Waals surface area contributed by atoms with Gasteiger partial charge >= 0.3 is 0 Å². The summed E-state index contributed by atoms with van der Waals surface area (Å²) in [5, 5.41) is 0. The molecule has 0 saturated carbocycles. The molecule has 2 rings (SSSR count). The SMILES string of the molecule is CN(c1ccc(F)cn1)c1ccccc1CN. The molecule has 2 aromatic rings. The average Bonchev–Trinajstić information content (AvgIpc) is 2.39. The van der Waals surface area contributed by atoms with Crippen molar-refractivity contribution in [1.82, 2.24) is 4.98 Å². The van der Waals surface area contributed by atoms with Crippen molar-refractivity contribution >= 4 is 11.5 Å². The van der Waals surface area contributed by atoms with E-state index in [2.05, 4.69) is 4.98 Å². The highest BCUT2D eigenvalue weighted by atomic mass is 19.1. The first-order chi connectivity index (χ1) is 8.22. The number of pyridine rings is 1. The third kappa shape index (κ3) is 2.42. The third-order valence-electron chi connectivity index (χ3n) is 2.63. The van der Waals surface area contributed by atoms with Gasteiger partial charge in [-0.15, -0.1) is 0 Å². The van der Waals surface area contributed by atoms with E-state index in [0.717, 1.165) is 11.3 Å². The fraction of sp³-hybridized carbons (Fsp3) is 0.154. The summed E-state index contributed by atoms with van der Waals surface area (Å²) in [6.07, 6.45) is 1.21. The highest BCUT2D eigenvalue weighted by Gasteiger charge is 2.08. The summed E-state index contributed by atoms with van der Waals surface area (Å²) in [7, 11) is 1.88. The van der Waals surface area contributed by atoms with Gasteiger partial charge in [0.1, 0.15) is 11.6 Å². The number of halogens is 1. The minimum absolute atomic E-state index is 0.339. The van der Waals surface area contributed by atoms with Crippen molar-refractivity contribution in [2.75, 3.05) is 11.9 Å². The number of hydrogen-bond donors (Lipinski definition) is 1. The van der Waals surface area contributed by atoms with Crippen molar-refractivity contribution in [1.29, 1.82) is 0 Å². The fourth-order valence-electron chi connectivity index (χ4n) is 1.70. The Morgan fingerprint density at radius 3 is 2.65 bits per heavy atom. The second kappa shape index (κ2) is 4.93. The molecule has 0 saturated heterocycles. The number of benzene rings is 1. The van der Waals surface area contributed by atoms with E-state index >= 15 is 0 Å². The van der Waals surface area contributed by atoms with E-state index in [1.54, 1.807) is 6.07 Å². The van der Waals surface area contributed by atoms with Gasteiger partial charge in [0, 0.05) is 19.3 Å². The molecule has 1 aromatic heterocycles. The van der Waals surface area contributed by atoms with Gasteiger partial charge in [-0.05, 0) is 23.8 Å². The van der Waals surface area contributed by atoms with Crippen LogP contribution < -0.4 is 10.6 Å². The molecule has 0 aliphatic rings. The van der Waals surface area contributed by atoms with E-state index in [1.165, 1.54) is 12.3 Å². The Balaban J connectivity index is 2.36. The first kappa shape index (κ1) is 11.5. The largest absolute Gasteiger partial charge is 0.329 e. The Kier molecular flexibility index (Phi) is 3.35. The van der Waals surface area contributed by atoms with Crippen molar-refractivity contribution in [3.63, 3.8) is 0 Å². The second-order valence-electron chi connectivity index (χ2n) is 3.73. The van der Waals surface area contributed by atoms with Crippen molar-refractivity contribution in [3.8, 4) is 0 Å². The topological polar surface area (TPSA) is 42.2 Å². The lowest BCUT2D eigenvalue weighted by Crippen LogP contribution is -2.14. The summed E-state index contributed by atoms with van der Waals surface area (Å²) >= 11 is 0. The van der Waals surface area contributed by atoms with Gasteiger partial charge in [0.05, 0.1) is 6.20 Å². The van der Waals surface area contributed by atoms with Crippen LogP contribution in [0.5, 0.6) is 0 Å². The van der Waals surface area contributed by atoms with Crippen LogP contribution in [-0.2, 0) is 6.54 Å². The van der Waals surface area contributed by atoms with Crippen LogP contribution in [0.15, 0.2) is 42.6 Å². The first-order valence-electron chi connectivity index (χ1n) is 5.35. The van der Waals surface area contributed by atoms with Crippen LogP contribution in [0.4, 0.5) is 15.9 Å². The number of nitrogens with two attached hydrogens (primary N) is 1. The van der Waals surface area contributed by atoms with Gasteiger partial charge in [-0.2, -0.15) is 0 Å². The molecule has 0 atom stereocenters. The number of nitrogens with zero attached hydrogens (tertiary/aromatic N) is 2. The highest BCUT2D eigenvalue weighted by molar-refractivity contribution is 5.62. The van der Waals surface area contributed by atoms with E-state index in [9.17, 15) is 4.39 Å². The maximum atomic E-state index is 12.8. The molecular weight excluding hydrogens is 217 g/mol.